The van der Waals surface area contributed by atoms with Gasteiger partial charge in [0.15, 0.2) is 0 Å². The number of amides is 1. The zero-order valence-electron chi connectivity index (χ0n) is 9.61. The first-order valence-corrected chi connectivity index (χ1v) is 6.54. The van der Waals surface area contributed by atoms with E-state index in [4.69, 9.17) is 16.0 Å². The fraction of sp³-hybridized carbons (Fsp3) is 0.154. The third-order valence-corrected chi connectivity index (χ3v) is 3.34. The molecule has 0 aliphatic heterocycles. The Morgan fingerprint density at radius 3 is 2.83 bits per heavy atom. The van der Waals surface area contributed by atoms with Crippen molar-refractivity contribution >= 4 is 33.4 Å². The molecule has 1 unspecified atom stereocenters. The molecular weight excluding hydrogens is 318 g/mol. The van der Waals surface area contributed by atoms with Crippen LogP contribution in [0.1, 0.15) is 28.9 Å². The van der Waals surface area contributed by atoms with Crippen molar-refractivity contribution in [2.45, 2.75) is 13.0 Å². The van der Waals surface area contributed by atoms with Gasteiger partial charge < -0.3 is 9.73 Å². The number of rotatable bonds is 3. The van der Waals surface area contributed by atoms with Crippen LogP contribution in [-0.4, -0.2) is 5.91 Å². The highest BCUT2D eigenvalue weighted by molar-refractivity contribution is 9.10. The predicted octanol–water partition coefficient (Wildman–Crippen LogP) is 4.19. The van der Waals surface area contributed by atoms with E-state index in [0.717, 1.165) is 10.0 Å². The van der Waals surface area contributed by atoms with Gasteiger partial charge in [0.05, 0.1) is 17.9 Å². The summed E-state index contributed by atoms with van der Waals surface area (Å²) < 4.78 is 5.86. The minimum absolute atomic E-state index is 0.106. The van der Waals surface area contributed by atoms with E-state index in [9.17, 15) is 4.79 Å². The van der Waals surface area contributed by atoms with Crippen LogP contribution in [0.3, 0.4) is 0 Å². The fourth-order valence-electron chi connectivity index (χ4n) is 1.59. The minimum atomic E-state index is -0.249. The quantitative estimate of drug-likeness (QED) is 0.918. The predicted molar refractivity (Wildman–Crippen MR) is 73.7 cm³/mol. The summed E-state index contributed by atoms with van der Waals surface area (Å²) >= 11 is 9.15. The van der Waals surface area contributed by atoms with Crippen LogP contribution in [0.25, 0.3) is 0 Å². The Labute approximate surface area is 118 Å². The Balaban J connectivity index is 2.10. The molecule has 0 aliphatic carbocycles. The zero-order valence-corrected chi connectivity index (χ0v) is 12.0. The van der Waals surface area contributed by atoms with Crippen molar-refractivity contribution < 1.29 is 9.21 Å². The lowest BCUT2D eigenvalue weighted by molar-refractivity contribution is 0.0939. The summed E-state index contributed by atoms with van der Waals surface area (Å²) in [5.41, 5.74) is 1.36. The largest absolute Gasteiger partial charge is 0.452 e. The SMILES string of the molecule is CC(NC(=O)c1ccoc1Cl)c1cccc(Br)c1. The molecular formula is C13H11BrClNO2. The highest BCUT2D eigenvalue weighted by Crippen LogP contribution is 2.20. The average molecular weight is 329 g/mol. The van der Waals surface area contributed by atoms with Crippen LogP contribution in [0.4, 0.5) is 0 Å². The third kappa shape index (κ3) is 2.94. The van der Waals surface area contributed by atoms with Crippen molar-refractivity contribution in [3.05, 3.63) is 57.4 Å². The first-order chi connectivity index (χ1) is 8.58. The second kappa shape index (κ2) is 5.59. The lowest BCUT2D eigenvalue weighted by atomic mass is 10.1. The molecule has 18 heavy (non-hydrogen) atoms. The molecule has 94 valence electrons. The standard InChI is InChI=1S/C13H11BrClNO2/c1-8(9-3-2-4-10(14)7-9)16-13(17)11-5-6-18-12(11)15/h2-8H,1H3,(H,16,17). The lowest BCUT2D eigenvalue weighted by Crippen LogP contribution is -2.26. The van der Waals surface area contributed by atoms with Crippen LogP contribution >= 0.6 is 27.5 Å². The van der Waals surface area contributed by atoms with Gasteiger partial charge in [0.2, 0.25) is 5.22 Å². The van der Waals surface area contributed by atoms with Gasteiger partial charge in [0.25, 0.3) is 5.91 Å². The lowest BCUT2D eigenvalue weighted by Gasteiger charge is -2.14. The van der Waals surface area contributed by atoms with E-state index in [2.05, 4.69) is 21.2 Å². The maximum atomic E-state index is 11.9. The monoisotopic (exact) mass is 327 g/mol. The molecule has 1 N–H and O–H groups in total. The number of nitrogens with one attached hydrogen (secondary N) is 1. The van der Waals surface area contributed by atoms with Crippen molar-refractivity contribution in [2.24, 2.45) is 0 Å². The zero-order chi connectivity index (χ0) is 13.1. The summed E-state index contributed by atoms with van der Waals surface area (Å²) in [6.07, 6.45) is 1.39. The number of hydrogen-bond donors (Lipinski definition) is 1. The van der Waals surface area contributed by atoms with E-state index >= 15 is 0 Å². The molecule has 0 bridgehead atoms. The topological polar surface area (TPSA) is 42.2 Å². The molecule has 1 heterocycles. The summed E-state index contributed by atoms with van der Waals surface area (Å²) in [7, 11) is 0. The maximum absolute atomic E-state index is 11.9. The van der Waals surface area contributed by atoms with Crippen molar-refractivity contribution in [3.8, 4) is 0 Å². The molecule has 1 aromatic heterocycles. The molecule has 0 saturated carbocycles. The maximum Gasteiger partial charge on any atom is 0.256 e. The van der Waals surface area contributed by atoms with Crippen molar-refractivity contribution in [1.82, 2.24) is 5.32 Å². The molecule has 1 atom stereocenters. The Hall–Kier alpha value is -1.26. The summed E-state index contributed by atoms with van der Waals surface area (Å²) in [6.45, 7) is 1.91. The first-order valence-electron chi connectivity index (χ1n) is 5.37. The van der Waals surface area contributed by atoms with Crippen LogP contribution in [0, 0.1) is 0 Å². The van der Waals surface area contributed by atoms with E-state index in [1.54, 1.807) is 6.07 Å². The van der Waals surface area contributed by atoms with E-state index in [0.29, 0.717) is 5.56 Å². The van der Waals surface area contributed by atoms with Crippen molar-refractivity contribution in [2.75, 3.05) is 0 Å². The Morgan fingerprint density at radius 2 is 2.22 bits per heavy atom. The van der Waals surface area contributed by atoms with Crippen LogP contribution < -0.4 is 5.32 Å². The molecule has 3 nitrogen and oxygen atoms in total. The summed E-state index contributed by atoms with van der Waals surface area (Å²) in [4.78, 5) is 11.9. The van der Waals surface area contributed by atoms with Gasteiger partial charge in [-0.15, -0.1) is 0 Å². The average Bonchev–Trinajstić information content (AvgIpc) is 2.75. The molecule has 5 heteroatoms. The number of hydrogen-bond acceptors (Lipinski definition) is 2. The van der Waals surface area contributed by atoms with Gasteiger partial charge in [-0.05, 0) is 42.3 Å². The van der Waals surface area contributed by atoms with Gasteiger partial charge in [-0.3, -0.25) is 4.79 Å². The number of benzene rings is 1. The number of carbonyl (C=O) groups excluding carboxylic acids is 1. The smallest absolute Gasteiger partial charge is 0.256 e. The number of carbonyl (C=O) groups is 1. The Morgan fingerprint density at radius 1 is 1.44 bits per heavy atom. The van der Waals surface area contributed by atoms with Gasteiger partial charge in [-0.2, -0.15) is 0 Å². The number of halogens is 2. The Kier molecular flexibility index (Phi) is 4.09. The van der Waals surface area contributed by atoms with Gasteiger partial charge in [-0.1, -0.05) is 28.1 Å². The molecule has 1 aromatic carbocycles. The summed E-state index contributed by atoms with van der Waals surface area (Å²) in [5.74, 6) is -0.249. The van der Waals surface area contributed by atoms with Gasteiger partial charge in [-0.25, -0.2) is 0 Å². The van der Waals surface area contributed by atoms with Crippen LogP contribution in [0.15, 0.2) is 45.5 Å². The van der Waals surface area contributed by atoms with Crippen molar-refractivity contribution in [1.29, 1.82) is 0 Å². The first kappa shape index (κ1) is 13.2. The fourth-order valence-corrected chi connectivity index (χ4v) is 2.21. The molecule has 2 rings (SSSR count). The Bertz CT molecular complexity index is 568. The molecule has 0 fully saturated rings. The summed E-state index contributed by atoms with van der Waals surface area (Å²) in [5, 5.41) is 2.97. The second-order valence-corrected chi connectivity index (χ2v) is 5.12. The van der Waals surface area contributed by atoms with Crippen LogP contribution in [-0.2, 0) is 0 Å². The van der Waals surface area contributed by atoms with Gasteiger partial charge >= 0.3 is 0 Å². The molecule has 0 saturated heterocycles. The van der Waals surface area contributed by atoms with Crippen molar-refractivity contribution in [3.63, 3.8) is 0 Å². The highest BCUT2D eigenvalue weighted by Gasteiger charge is 2.16. The molecule has 0 spiro atoms. The summed E-state index contributed by atoms with van der Waals surface area (Å²) in [6, 6.07) is 9.21. The third-order valence-electron chi connectivity index (χ3n) is 2.56. The van der Waals surface area contributed by atoms with E-state index in [-0.39, 0.29) is 17.2 Å². The molecule has 0 radical (unpaired) electrons. The molecule has 1 amide bonds. The number of furan rings is 1. The highest BCUT2D eigenvalue weighted by atomic mass is 79.9. The van der Waals surface area contributed by atoms with E-state index in [1.807, 2.05) is 31.2 Å². The van der Waals surface area contributed by atoms with Crippen LogP contribution in [0.5, 0.6) is 0 Å². The van der Waals surface area contributed by atoms with Gasteiger partial charge in [0, 0.05) is 4.47 Å². The molecule has 0 aliphatic rings. The minimum Gasteiger partial charge on any atom is -0.452 e. The van der Waals surface area contributed by atoms with Crippen LogP contribution in [0.2, 0.25) is 5.22 Å². The second-order valence-electron chi connectivity index (χ2n) is 3.86. The normalized spacial score (nSPS) is 12.2. The molecule has 2 aromatic rings. The van der Waals surface area contributed by atoms with E-state index in [1.165, 1.54) is 6.26 Å². The van der Waals surface area contributed by atoms with Gasteiger partial charge in [0.1, 0.15) is 0 Å². The van der Waals surface area contributed by atoms with E-state index < -0.39 is 0 Å².